The van der Waals surface area contributed by atoms with Gasteiger partial charge >= 0.3 is 0 Å². The van der Waals surface area contributed by atoms with Crippen LogP contribution < -0.4 is 15.4 Å². The van der Waals surface area contributed by atoms with Crippen molar-refractivity contribution >= 4 is 5.96 Å². The SMILES string of the molecule is CCNC(=NCc1cccc(OC)c1)NCC1(C)CCCCC1O. The molecular formula is C19H31N3O2. The number of nitrogens with one attached hydrogen (secondary N) is 2. The molecule has 1 aliphatic carbocycles. The molecule has 5 heteroatoms. The van der Waals surface area contributed by atoms with E-state index in [2.05, 4.69) is 29.5 Å². The molecule has 2 atom stereocenters. The van der Waals surface area contributed by atoms with E-state index >= 15 is 0 Å². The monoisotopic (exact) mass is 333 g/mol. The lowest BCUT2D eigenvalue weighted by molar-refractivity contribution is 0.00397. The van der Waals surface area contributed by atoms with Crippen LogP contribution >= 0.6 is 0 Å². The zero-order valence-corrected chi connectivity index (χ0v) is 15.1. The molecule has 134 valence electrons. The van der Waals surface area contributed by atoms with E-state index < -0.39 is 0 Å². The average molecular weight is 333 g/mol. The molecule has 0 spiro atoms. The number of guanidine groups is 1. The Balaban J connectivity index is 1.97. The number of nitrogens with zero attached hydrogens (tertiary/aromatic N) is 1. The van der Waals surface area contributed by atoms with Crippen LogP contribution in [0.5, 0.6) is 5.75 Å². The lowest BCUT2D eigenvalue weighted by atomic mass is 9.73. The predicted molar refractivity (Wildman–Crippen MR) is 98.4 cm³/mol. The summed E-state index contributed by atoms with van der Waals surface area (Å²) in [5, 5.41) is 17.0. The zero-order valence-electron chi connectivity index (χ0n) is 15.1. The van der Waals surface area contributed by atoms with Crippen LogP contribution in [0.1, 0.15) is 45.1 Å². The molecule has 0 amide bonds. The van der Waals surface area contributed by atoms with Gasteiger partial charge in [0.15, 0.2) is 5.96 Å². The smallest absolute Gasteiger partial charge is 0.191 e. The fourth-order valence-electron chi connectivity index (χ4n) is 3.16. The summed E-state index contributed by atoms with van der Waals surface area (Å²) in [6.07, 6.45) is 4.03. The van der Waals surface area contributed by atoms with Gasteiger partial charge in [-0.15, -0.1) is 0 Å². The highest BCUT2D eigenvalue weighted by Gasteiger charge is 2.35. The van der Waals surface area contributed by atoms with Gasteiger partial charge in [0.05, 0.1) is 19.8 Å². The van der Waals surface area contributed by atoms with Crippen LogP contribution in [0.2, 0.25) is 0 Å². The van der Waals surface area contributed by atoms with Crippen molar-refractivity contribution < 1.29 is 9.84 Å². The van der Waals surface area contributed by atoms with Crippen molar-refractivity contribution in [3.05, 3.63) is 29.8 Å². The van der Waals surface area contributed by atoms with E-state index in [1.807, 2.05) is 24.3 Å². The third-order valence-electron chi connectivity index (χ3n) is 4.84. The van der Waals surface area contributed by atoms with E-state index in [9.17, 15) is 5.11 Å². The summed E-state index contributed by atoms with van der Waals surface area (Å²) in [6.45, 7) is 6.35. The molecule has 0 heterocycles. The van der Waals surface area contributed by atoms with Crippen molar-refractivity contribution in [2.45, 2.75) is 52.2 Å². The number of hydrogen-bond donors (Lipinski definition) is 3. The maximum atomic E-state index is 10.3. The first kappa shape index (κ1) is 18.6. The second-order valence-corrected chi connectivity index (χ2v) is 6.82. The van der Waals surface area contributed by atoms with Crippen molar-refractivity contribution in [3.8, 4) is 5.75 Å². The van der Waals surface area contributed by atoms with E-state index in [4.69, 9.17) is 4.74 Å². The van der Waals surface area contributed by atoms with Crippen molar-refractivity contribution in [1.82, 2.24) is 10.6 Å². The van der Waals surface area contributed by atoms with Gasteiger partial charge in [0.2, 0.25) is 0 Å². The topological polar surface area (TPSA) is 65.9 Å². The molecule has 1 aliphatic rings. The summed E-state index contributed by atoms with van der Waals surface area (Å²) in [4.78, 5) is 4.66. The van der Waals surface area contributed by atoms with Gasteiger partial charge in [0.25, 0.3) is 0 Å². The van der Waals surface area contributed by atoms with Gasteiger partial charge < -0.3 is 20.5 Å². The molecule has 3 N–H and O–H groups in total. The fourth-order valence-corrected chi connectivity index (χ4v) is 3.16. The summed E-state index contributed by atoms with van der Waals surface area (Å²) in [6, 6.07) is 7.95. The number of aliphatic hydroxyl groups is 1. The fraction of sp³-hybridized carbons (Fsp3) is 0.632. The molecule has 2 unspecified atom stereocenters. The van der Waals surface area contributed by atoms with E-state index in [0.29, 0.717) is 6.54 Å². The first-order chi connectivity index (χ1) is 11.6. The minimum atomic E-state index is -0.236. The Hall–Kier alpha value is -1.75. The lowest BCUT2D eigenvalue weighted by Gasteiger charge is -2.38. The number of hydrogen-bond acceptors (Lipinski definition) is 3. The number of aliphatic hydroxyl groups excluding tert-OH is 1. The Morgan fingerprint density at radius 2 is 2.21 bits per heavy atom. The number of benzene rings is 1. The molecule has 0 aliphatic heterocycles. The second kappa shape index (κ2) is 8.92. The molecule has 2 rings (SSSR count). The van der Waals surface area contributed by atoms with Crippen LogP contribution in [0.3, 0.4) is 0 Å². The van der Waals surface area contributed by atoms with E-state index in [1.165, 1.54) is 6.42 Å². The highest BCUT2D eigenvalue weighted by molar-refractivity contribution is 5.79. The molecule has 0 aromatic heterocycles. The van der Waals surface area contributed by atoms with Gasteiger partial charge in [-0.2, -0.15) is 0 Å². The highest BCUT2D eigenvalue weighted by atomic mass is 16.5. The summed E-state index contributed by atoms with van der Waals surface area (Å²) in [5.74, 6) is 1.64. The molecule has 1 aromatic carbocycles. The standard InChI is InChI=1S/C19H31N3O2/c1-4-20-18(21-13-15-8-7-9-16(12-15)24-3)22-14-19(2)11-6-5-10-17(19)23/h7-9,12,17,23H,4-6,10-11,13-14H2,1-3H3,(H2,20,21,22). The minimum Gasteiger partial charge on any atom is -0.497 e. The maximum absolute atomic E-state index is 10.3. The number of methoxy groups -OCH3 is 1. The van der Waals surface area contributed by atoms with Crippen LogP contribution in [0.15, 0.2) is 29.3 Å². The molecule has 1 saturated carbocycles. The Kier molecular flexibility index (Phi) is 6.91. The van der Waals surface area contributed by atoms with Crippen LogP contribution in [-0.4, -0.2) is 37.4 Å². The minimum absolute atomic E-state index is 0.0790. The third kappa shape index (κ3) is 5.13. The summed E-state index contributed by atoms with van der Waals surface area (Å²) >= 11 is 0. The highest BCUT2D eigenvalue weighted by Crippen LogP contribution is 2.35. The molecule has 1 aromatic rings. The van der Waals surface area contributed by atoms with Crippen LogP contribution in [0, 0.1) is 5.41 Å². The van der Waals surface area contributed by atoms with Crippen LogP contribution in [0.25, 0.3) is 0 Å². The number of aliphatic imine (C=N–C) groups is 1. The maximum Gasteiger partial charge on any atom is 0.191 e. The van der Waals surface area contributed by atoms with Gasteiger partial charge in [0.1, 0.15) is 5.75 Å². The third-order valence-corrected chi connectivity index (χ3v) is 4.84. The summed E-state index contributed by atoms with van der Waals surface area (Å²) in [5.41, 5.74) is 1.03. The van der Waals surface area contributed by atoms with Crippen molar-refractivity contribution in [3.63, 3.8) is 0 Å². The van der Waals surface area contributed by atoms with E-state index in [-0.39, 0.29) is 11.5 Å². The van der Waals surface area contributed by atoms with E-state index in [0.717, 1.165) is 49.6 Å². The largest absolute Gasteiger partial charge is 0.497 e. The summed E-state index contributed by atoms with van der Waals surface area (Å²) < 4.78 is 5.25. The van der Waals surface area contributed by atoms with Crippen molar-refractivity contribution in [2.24, 2.45) is 10.4 Å². The Labute approximate surface area is 145 Å². The molecule has 0 radical (unpaired) electrons. The van der Waals surface area contributed by atoms with Crippen molar-refractivity contribution in [2.75, 3.05) is 20.2 Å². The van der Waals surface area contributed by atoms with Crippen LogP contribution in [0.4, 0.5) is 0 Å². The molecule has 0 bridgehead atoms. The van der Waals surface area contributed by atoms with Crippen LogP contribution in [-0.2, 0) is 6.54 Å². The van der Waals surface area contributed by atoms with Gasteiger partial charge in [0, 0.05) is 18.5 Å². The Morgan fingerprint density at radius 1 is 1.38 bits per heavy atom. The van der Waals surface area contributed by atoms with Crippen molar-refractivity contribution in [1.29, 1.82) is 0 Å². The predicted octanol–water partition coefficient (Wildman–Crippen LogP) is 2.69. The first-order valence-corrected chi connectivity index (χ1v) is 8.90. The van der Waals surface area contributed by atoms with E-state index in [1.54, 1.807) is 7.11 Å². The molecular weight excluding hydrogens is 302 g/mol. The number of ether oxygens (including phenoxy) is 1. The Morgan fingerprint density at radius 3 is 2.92 bits per heavy atom. The second-order valence-electron chi connectivity index (χ2n) is 6.82. The normalized spacial score (nSPS) is 24.5. The Bertz CT molecular complexity index is 547. The first-order valence-electron chi connectivity index (χ1n) is 8.90. The molecule has 0 saturated heterocycles. The lowest BCUT2D eigenvalue weighted by Crippen LogP contribution is -2.48. The van der Waals surface area contributed by atoms with Gasteiger partial charge in [-0.1, -0.05) is 31.9 Å². The van der Waals surface area contributed by atoms with Gasteiger partial charge in [-0.3, -0.25) is 0 Å². The quantitative estimate of drug-likeness (QED) is 0.553. The number of rotatable bonds is 6. The molecule has 5 nitrogen and oxygen atoms in total. The van der Waals surface area contributed by atoms with Gasteiger partial charge in [-0.25, -0.2) is 4.99 Å². The summed E-state index contributed by atoms with van der Waals surface area (Å²) in [7, 11) is 1.67. The zero-order chi connectivity index (χ0) is 17.4. The van der Waals surface area contributed by atoms with Gasteiger partial charge in [-0.05, 0) is 37.5 Å². The average Bonchev–Trinajstić information content (AvgIpc) is 2.60. The molecule has 1 fully saturated rings. The molecule has 24 heavy (non-hydrogen) atoms.